The van der Waals surface area contributed by atoms with Crippen molar-refractivity contribution in [2.45, 2.75) is 18.7 Å². The largest absolute Gasteiger partial charge is 0.385 e. The van der Waals surface area contributed by atoms with Gasteiger partial charge in [0.2, 0.25) is 0 Å². The molecular formula is C7H15NO4S. The van der Waals surface area contributed by atoms with E-state index in [9.17, 15) is 0 Å². The number of ether oxygens (including phenoxy) is 2. The Labute approximate surface area is 81.2 Å². The summed E-state index contributed by atoms with van der Waals surface area (Å²) in [6.45, 7) is 0.734. The standard InChI is InChI=1S/C7H15NO4S/c8-1-2-13-4-6-11-3-5(9)7(10)12-6/h5-7,9-10H,1-4,8H2. The second kappa shape index (κ2) is 5.79. The van der Waals surface area contributed by atoms with Crippen LogP contribution in [0, 0.1) is 0 Å². The van der Waals surface area contributed by atoms with E-state index in [1.54, 1.807) is 11.8 Å². The highest BCUT2D eigenvalue weighted by molar-refractivity contribution is 7.99. The van der Waals surface area contributed by atoms with Crippen molar-refractivity contribution >= 4 is 11.8 Å². The lowest BCUT2D eigenvalue weighted by atomic mass is 10.3. The lowest BCUT2D eigenvalue weighted by Gasteiger charge is -2.30. The van der Waals surface area contributed by atoms with Gasteiger partial charge in [0.25, 0.3) is 0 Å². The molecule has 1 aliphatic rings. The Bertz CT molecular complexity index is 148. The van der Waals surface area contributed by atoms with Crippen LogP contribution in [0.25, 0.3) is 0 Å². The fourth-order valence-electron chi connectivity index (χ4n) is 0.924. The van der Waals surface area contributed by atoms with Crippen molar-refractivity contribution < 1.29 is 19.7 Å². The first-order valence-corrected chi connectivity index (χ1v) is 5.30. The summed E-state index contributed by atoms with van der Waals surface area (Å²) < 4.78 is 10.1. The fourth-order valence-corrected chi connectivity index (χ4v) is 1.62. The number of rotatable bonds is 4. The molecule has 1 aliphatic heterocycles. The zero-order valence-electron chi connectivity index (χ0n) is 7.26. The van der Waals surface area contributed by atoms with Gasteiger partial charge in [-0.1, -0.05) is 0 Å². The van der Waals surface area contributed by atoms with E-state index in [4.69, 9.17) is 25.4 Å². The van der Waals surface area contributed by atoms with Crippen molar-refractivity contribution in [2.24, 2.45) is 5.73 Å². The Morgan fingerprint density at radius 1 is 1.46 bits per heavy atom. The van der Waals surface area contributed by atoms with Crippen LogP contribution in [0.4, 0.5) is 0 Å². The third kappa shape index (κ3) is 3.80. The van der Waals surface area contributed by atoms with Crippen LogP contribution in [0.5, 0.6) is 0 Å². The van der Waals surface area contributed by atoms with Crippen molar-refractivity contribution in [2.75, 3.05) is 24.7 Å². The lowest BCUT2D eigenvalue weighted by Crippen LogP contribution is -2.44. The topological polar surface area (TPSA) is 84.9 Å². The van der Waals surface area contributed by atoms with Gasteiger partial charge in [-0.2, -0.15) is 11.8 Å². The summed E-state index contributed by atoms with van der Waals surface area (Å²) >= 11 is 1.60. The highest BCUT2D eigenvalue weighted by Gasteiger charge is 2.28. The number of aliphatic hydroxyl groups excluding tert-OH is 2. The van der Waals surface area contributed by atoms with Crippen LogP contribution < -0.4 is 5.73 Å². The summed E-state index contributed by atoms with van der Waals surface area (Å²) in [6.07, 6.45) is -2.50. The molecule has 3 unspecified atom stereocenters. The molecule has 0 radical (unpaired) electrons. The predicted molar refractivity (Wildman–Crippen MR) is 49.2 cm³/mol. The van der Waals surface area contributed by atoms with Crippen LogP contribution in [0.2, 0.25) is 0 Å². The number of hydrogen-bond donors (Lipinski definition) is 3. The summed E-state index contributed by atoms with van der Waals surface area (Å²) in [5, 5.41) is 18.2. The van der Waals surface area contributed by atoms with E-state index in [0.717, 1.165) is 5.75 Å². The zero-order chi connectivity index (χ0) is 9.68. The van der Waals surface area contributed by atoms with Crippen LogP contribution >= 0.6 is 11.8 Å². The van der Waals surface area contributed by atoms with Gasteiger partial charge in [-0.3, -0.25) is 0 Å². The molecule has 0 aliphatic carbocycles. The summed E-state index contributed by atoms with van der Waals surface area (Å²) in [4.78, 5) is 0. The maximum atomic E-state index is 9.12. The van der Waals surface area contributed by atoms with Crippen molar-refractivity contribution in [3.8, 4) is 0 Å². The van der Waals surface area contributed by atoms with Gasteiger partial charge in [-0.05, 0) is 0 Å². The molecule has 6 heteroatoms. The van der Waals surface area contributed by atoms with E-state index in [0.29, 0.717) is 12.3 Å². The lowest BCUT2D eigenvalue weighted by molar-refractivity contribution is -0.300. The quantitative estimate of drug-likeness (QED) is 0.501. The van der Waals surface area contributed by atoms with Gasteiger partial charge in [0, 0.05) is 18.1 Å². The highest BCUT2D eigenvalue weighted by atomic mass is 32.2. The maximum Gasteiger partial charge on any atom is 0.186 e. The molecule has 0 aromatic carbocycles. The minimum Gasteiger partial charge on any atom is -0.385 e. The second-order valence-corrected chi connectivity index (χ2v) is 3.87. The first-order chi connectivity index (χ1) is 6.24. The molecule has 0 saturated carbocycles. The monoisotopic (exact) mass is 209 g/mol. The van der Waals surface area contributed by atoms with Gasteiger partial charge < -0.3 is 25.4 Å². The number of thioether (sulfide) groups is 1. The van der Waals surface area contributed by atoms with Crippen LogP contribution in [0.15, 0.2) is 0 Å². The average molecular weight is 209 g/mol. The van der Waals surface area contributed by atoms with Gasteiger partial charge >= 0.3 is 0 Å². The zero-order valence-corrected chi connectivity index (χ0v) is 8.07. The van der Waals surface area contributed by atoms with Gasteiger partial charge in [-0.25, -0.2) is 0 Å². The molecule has 13 heavy (non-hydrogen) atoms. The minimum atomic E-state index is -1.13. The van der Waals surface area contributed by atoms with Gasteiger partial charge in [0.15, 0.2) is 12.6 Å². The molecule has 4 N–H and O–H groups in total. The van der Waals surface area contributed by atoms with E-state index < -0.39 is 18.7 Å². The molecule has 1 fully saturated rings. The van der Waals surface area contributed by atoms with Crippen LogP contribution in [-0.4, -0.2) is 53.6 Å². The SMILES string of the molecule is NCCSCC1OCC(O)C(O)O1. The Hall–Kier alpha value is 0.150. The van der Waals surface area contributed by atoms with E-state index in [1.807, 2.05) is 0 Å². The molecule has 0 spiro atoms. The molecule has 0 aromatic rings. The summed E-state index contributed by atoms with van der Waals surface area (Å²) in [7, 11) is 0. The molecule has 78 valence electrons. The molecule has 1 saturated heterocycles. The molecule has 5 nitrogen and oxygen atoms in total. The van der Waals surface area contributed by atoms with E-state index in [2.05, 4.69) is 0 Å². The van der Waals surface area contributed by atoms with Crippen molar-refractivity contribution in [3.63, 3.8) is 0 Å². The second-order valence-electron chi connectivity index (χ2n) is 2.72. The van der Waals surface area contributed by atoms with Gasteiger partial charge in [0.1, 0.15) is 6.10 Å². The third-order valence-corrected chi connectivity index (χ3v) is 2.62. The van der Waals surface area contributed by atoms with Crippen molar-refractivity contribution in [1.82, 2.24) is 0 Å². The Balaban J connectivity index is 2.14. The van der Waals surface area contributed by atoms with E-state index in [1.165, 1.54) is 0 Å². The number of hydrogen-bond acceptors (Lipinski definition) is 6. The Kier molecular flexibility index (Phi) is 5.00. The normalized spacial score (nSPS) is 34.8. The van der Waals surface area contributed by atoms with E-state index >= 15 is 0 Å². The van der Waals surface area contributed by atoms with Gasteiger partial charge in [-0.15, -0.1) is 0 Å². The molecular weight excluding hydrogens is 194 g/mol. The molecule has 0 amide bonds. The Morgan fingerprint density at radius 2 is 2.23 bits per heavy atom. The first-order valence-electron chi connectivity index (χ1n) is 4.15. The third-order valence-electron chi connectivity index (χ3n) is 1.59. The first kappa shape index (κ1) is 11.2. The predicted octanol–water partition coefficient (Wildman–Crippen LogP) is -1.27. The smallest absolute Gasteiger partial charge is 0.186 e. The molecule has 0 aromatic heterocycles. The van der Waals surface area contributed by atoms with Crippen LogP contribution in [-0.2, 0) is 9.47 Å². The summed E-state index contributed by atoms with van der Waals surface area (Å²) in [5.41, 5.74) is 5.30. The summed E-state index contributed by atoms with van der Waals surface area (Å²) in [6, 6.07) is 0. The van der Waals surface area contributed by atoms with Crippen molar-refractivity contribution in [3.05, 3.63) is 0 Å². The molecule has 3 atom stereocenters. The molecule has 1 heterocycles. The maximum absolute atomic E-state index is 9.12. The van der Waals surface area contributed by atoms with E-state index in [-0.39, 0.29) is 6.61 Å². The highest BCUT2D eigenvalue weighted by Crippen LogP contribution is 2.15. The van der Waals surface area contributed by atoms with Crippen LogP contribution in [0.3, 0.4) is 0 Å². The number of nitrogens with two attached hydrogens (primary N) is 1. The van der Waals surface area contributed by atoms with Crippen LogP contribution in [0.1, 0.15) is 0 Å². The summed E-state index contributed by atoms with van der Waals surface area (Å²) in [5.74, 6) is 1.46. The van der Waals surface area contributed by atoms with Gasteiger partial charge in [0.05, 0.1) is 6.61 Å². The molecule has 0 bridgehead atoms. The molecule has 1 rings (SSSR count). The van der Waals surface area contributed by atoms with Crippen molar-refractivity contribution in [1.29, 1.82) is 0 Å². The number of aliphatic hydroxyl groups is 2. The minimum absolute atomic E-state index is 0.120. The average Bonchev–Trinajstić information content (AvgIpc) is 2.12. The Morgan fingerprint density at radius 3 is 2.85 bits per heavy atom. The fraction of sp³-hybridized carbons (Fsp3) is 1.00.